The van der Waals surface area contributed by atoms with Gasteiger partial charge in [-0.2, -0.15) is 0 Å². The molecule has 0 aliphatic rings. The van der Waals surface area contributed by atoms with E-state index >= 15 is 0 Å². The number of rotatable bonds is 0. The lowest BCUT2D eigenvalue weighted by molar-refractivity contribution is 1.13. The van der Waals surface area contributed by atoms with Gasteiger partial charge in [0.25, 0.3) is 0 Å². The molecule has 0 aliphatic heterocycles. The summed E-state index contributed by atoms with van der Waals surface area (Å²) < 4.78 is 2.73. The minimum atomic E-state index is 0.667. The smallest absolute Gasteiger partial charge is 0.152 e. The van der Waals surface area contributed by atoms with Crippen molar-refractivity contribution in [1.82, 2.24) is 9.38 Å². The zero-order chi connectivity index (χ0) is 7.84. The molecule has 0 spiro atoms. The second kappa shape index (κ2) is 2.50. The Morgan fingerprint density at radius 3 is 3.09 bits per heavy atom. The lowest BCUT2D eigenvalue weighted by atomic mass is 10.6. The van der Waals surface area contributed by atoms with Gasteiger partial charge in [0, 0.05) is 12.4 Å². The molecule has 0 radical (unpaired) electrons. The molecule has 0 unspecified atom stereocenters. The maximum absolute atomic E-state index is 5.87. The van der Waals surface area contributed by atoms with Gasteiger partial charge in [-0.15, -0.1) is 0 Å². The van der Waals surface area contributed by atoms with Gasteiger partial charge in [-0.05, 0) is 28.1 Å². The van der Waals surface area contributed by atoms with Crippen LogP contribution < -0.4 is 0 Å². The Labute approximate surface area is 76.9 Å². The van der Waals surface area contributed by atoms with Crippen molar-refractivity contribution < 1.29 is 0 Å². The van der Waals surface area contributed by atoms with E-state index < -0.39 is 0 Å². The highest BCUT2D eigenvalue weighted by Gasteiger charge is 2.03. The Hall–Kier alpha value is -0.540. The molecule has 0 saturated carbocycles. The van der Waals surface area contributed by atoms with Crippen molar-refractivity contribution in [2.45, 2.75) is 0 Å². The van der Waals surface area contributed by atoms with Gasteiger partial charge in [-0.3, -0.25) is 4.40 Å². The maximum Gasteiger partial charge on any atom is 0.152 e. The van der Waals surface area contributed by atoms with Crippen molar-refractivity contribution in [2.24, 2.45) is 0 Å². The van der Waals surface area contributed by atoms with Crippen LogP contribution in [-0.4, -0.2) is 9.38 Å². The summed E-state index contributed by atoms with van der Waals surface area (Å²) in [7, 11) is 0. The average Bonchev–Trinajstić information content (AvgIpc) is 2.30. The van der Waals surface area contributed by atoms with E-state index in [-0.39, 0.29) is 0 Å². The monoisotopic (exact) mass is 230 g/mol. The van der Waals surface area contributed by atoms with E-state index in [9.17, 15) is 0 Å². The minimum Gasteiger partial charge on any atom is -0.291 e. The van der Waals surface area contributed by atoms with Gasteiger partial charge in [0.2, 0.25) is 0 Å². The van der Waals surface area contributed by atoms with E-state index in [0.29, 0.717) is 5.15 Å². The Balaban J connectivity index is 2.95. The first-order chi connectivity index (χ1) is 5.29. The molecule has 0 fully saturated rings. The first kappa shape index (κ1) is 7.13. The molecule has 4 heteroatoms. The second-order valence-electron chi connectivity index (χ2n) is 2.13. The SMILES string of the molecule is Clc1cc(Br)c2ncccn12. The fourth-order valence-corrected chi connectivity index (χ4v) is 1.85. The number of aromatic nitrogens is 2. The van der Waals surface area contributed by atoms with Crippen LogP contribution in [0.1, 0.15) is 0 Å². The van der Waals surface area contributed by atoms with Gasteiger partial charge in [0.1, 0.15) is 5.15 Å². The predicted molar refractivity (Wildman–Crippen MR) is 47.9 cm³/mol. The van der Waals surface area contributed by atoms with Gasteiger partial charge in [-0.25, -0.2) is 4.98 Å². The number of nitrogens with zero attached hydrogens (tertiary/aromatic N) is 2. The van der Waals surface area contributed by atoms with Gasteiger partial charge >= 0.3 is 0 Å². The molecule has 11 heavy (non-hydrogen) atoms. The lowest BCUT2D eigenvalue weighted by Gasteiger charge is -1.92. The lowest BCUT2D eigenvalue weighted by Crippen LogP contribution is -1.84. The van der Waals surface area contributed by atoms with E-state index in [1.54, 1.807) is 6.20 Å². The third-order valence-corrected chi connectivity index (χ3v) is 2.31. The minimum absolute atomic E-state index is 0.667. The molecule has 2 nitrogen and oxygen atoms in total. The van der Waals surface area contributed by atoms with E-state index in [1.165, 1.54) is 0 Å². The van der Waals surface area contributed by atoms with Crippen molar-refractivity contribution >= 4 is 33.2 Å². The molecule has 2 heterocycles. The molecule has 56 valence electrons. The number of hydrogen-bond donors (Lipinski definition) is 0. The van der Waals surface area contributed by atoms with Gasteiger partial charge in [0.15, 0.2) is 5.65 Å². The molecule has 0 bridgehead atoms. The summed E-state index contributed by atoms with van der Waals surface area (Å²) in [5.74, 6) is 0. The van der Waals surface area contributed by atoms with E-state index in [2.05, 4.69) is 20.9 Å². The average molecular weight is 231 g/mol. The van der Waals surface area contributed by atoms with Crippen LogP contribution in [-0.2, 0) is 0 Å². The topological polar surface area (TPSA) is 17.3 Å². The van der Waals surface area contributed by atoms with Crippen LogP contribution in [0.2, 0.25) is 5.15 Å². The zero-order valence-electron chi connectivity index (χ0n) is 5.46. The summed E-state index contributed by atoms with van der Waals surface area (Å²) in [6.45, 7) is 0. The largest absolute Gasteiger partial charge is 0.291 e. The van der Waals surface area contributed by atoms with Crippen LogP contribution in [0.25, 0.3) is 5.65 Å². The Bertz CT molecular complexity index is 360. The Morgan fingerprint density at radius 2 is 2.36 bits per heavy atom. The molecular weight excluding hydrogens is 227 g/mol. The number of halogens is 2. The molecule has 0 aromatic carbocycles. The summed E-state index contributed by atoms with van der Waals surface area (Å²) >= 11 is 9.22. The molecule has 2 rings (SSSR count). The van der Waals surface area contributed by atoms with Gasteiger partial charge in [0.05, 0.1) is 4.47 Å². The molecule has 0 saturated heterocycles. The second-order valence-corrected chi connectivity index (χ2v) is 3.37. The molecule has 0 amide bonds. The van der Waals surface area contributed by atoms with Crippen LogP contribution >= 0.6 is 27.5 Å². The van der Waals surface area contributed by atoms with Gasteiger partial charge in [-0.1, -0.05) is 11.6 Å². The van der Waals surface area contributed by atoms with Crippen LogP contribution in [0.3, 0.4) is 0 Å². The highest BCUT2D eigenvalue weighted by atomic mass is 79.9. The van der Waals surface area contributed by atoms with Crippen LogP contribution in [0.4, 0.5) is 0 Å². The summed E-state index contributed by atoms with van der Waals surface area (Å²) in [5, 5.41) is 0.667. The highest BCUT2D eigenvalue weighted by Crippen LogP contribution is 2.23. The fraction of sp³-hybridized carbons (Fsp3) is 0. The fourth-order valence-electron chi connectivity index (χ4n) is 0.959. The van der Waals surface area contributed by atoms with E-state index in [4.69, 9.17) is 11.6 Å². The quantitative estimate of drug-likeness (QED) is 0.681. The Kier molecular flexibility index (Phi) is 1.62. The van der Waals surface area contributed by atoms with Gasteiger partial charge < -0.3 is 0 Å². The van der Waals surface area contributed by atoms with E-state index in [1.807, 2.05) is 22.7 Å². The number of hydrogen-bond acceptors (Lipinski definition) is 1. The summed E-state index contributed by atoms with van der Waals surface area (Å²) in [6, 6.07) is 3.66. The molecule has 0 N–H and O–H groups in total. The standard InChI is InChI=1S/C7H4BrClN2/c8-5-4-6(9)11-3-1-2-10-7(5)11/h1-4H. The molecule has 0 atom stereocenters. The first-order valence-corrected chi connectivity index (χ1v) is 4.23. The molecule has 2 aromatic rings. The third-order valence-electron chi connectivity index (χ3n) is 1.44. The maximum atomic E-state index is 5.87. The summed E-state index contributed by atoms with van der Waals surface area (Å²) in [6.07, 6.45) is 3.60. The number of fused-ring (bicyclic) bond motifs is 1. The molecule has 0 aliphatic carbocycles. The normalized spacial score (nSPS) is 10.7. The van der Waals surface area contributed by atoms with Crippen molar-refractivity contribution in [3.05, 3.63) is 34.2 Å². The van der Waals surface area contributed by atoms with Crippen LogP contribution in [0, 0.1) is 0 Å². The van der Waals surface area contributed by atoms with Crippen molar-refractivity contribution in [1.29, 1.82) is 0 Å². The summed E-state index contributed by atoms with van der Waals surface area (Å²) in [5.41, 5.74) is 0.845. The predicted octanol–water partition coefficient (Wildman–Crippen LogP) is 2.75. The van der Waals surface area contributed by atoms with Crippen molar-refractivity contribution in [2.75, 3.05) is 0 Å². The van der Waals surface area contributed by atoms with Crippen LogP contribution in [0.15, 0.2) is 29.0 Å². The Morgan fingerprint density at radius 1 is 1.55 bits per heavy atom. The summed E-state index contributed by atoms with van der Waals surface area (Å²) in [4.78, 5) is 4.13. The van der Waals surface area contributed by atoms with Crippen molar-refractivity contribution in [3.8, 4) is 0 Å². The van der Waals surface area contributed by atoms with Crippen molar-refractivity contribution in [3.63, 3.8) is 0 Å². The first-order valence-electron chi connectivity index (χ1n) is 3.06. The molecular formula is C7H4BrClN2. The van der Waals surface area contributed by atoms with Crippen LogP contribution in [0.5, 0.6) is 0 Å². The van der Waals surface area contributed by atoms with E-state index in [0.717, 1.165) is 10.1 Å². The zero-order valence-corrected chi connectivity index (χ0v) is 7.80. The third kappa shape index (κ3) is 1.04. The molecule has 2 aromatic heterocycles. The highest BCUT2D eigenvalue weighted by molar-refractivity contribution is 9.10.